The molecular formula is C16H22N4O2. The third-order valence-corrected chi connectivity index (χ3v) is 3.65. The number of imidazole rings is 1. The van der Waals surface area contributed by atoms with Crippen molar-refractivity contribution in [1.29, 1.82) is 0 Å². The monoisotopic (exact) mass is 302 g/mol. The minimum absolute atomic E-state index is 0.0490. The highest BCUT2D eigenvalue weighted by Gasteiger charge is 2.17. The molecular weight excluding hydrogens is 280 g/mol. The van der Waals surface area contributed by atoms with Gasteiger partial charge in [0.05, 0.1) is 13.7 Å². The van der Waals surface area contributed by atoms with Crippen molar-refractivity contribution in [3.05, 3.63) is 48.0 Å². The molecule has 1 heterocycles. The molecule has 2 aromatic rings. The lowest BCUT2D eigenvalue weighted by atomic mass is 10.1. The Morgan fingerprint density at radius 2 is 2.23 bits per heavy atom. The summed E-state index contributed by atoms with van der Waals surface area (Å²) in [4.78, 5) is 20.9. The van der Waals surface area contributed by atoms with E-state index in [0.717, 1.165) is 23.6 Å². The maximum atomic E-state index is 12.2. The molecule has 6 nitrogen and oxygen atoms in total. The molecule has 1 aromatic heterocycles. The van der Waals surface area contributed by atoms with Gasteiger partial charge in [-0.2, -0.15) is 0 Å². The van der Waals surface area contributed by atoms with Gasteiger partial charge in [-0.15, -0.1) is 0 Å². The Balaban J connectivity index is 1.90. The summed E-state index contributed by atoms with van der Waals surface area (Å²) in [5, 5.41) is 2.84. The molecule has 118 valence electrons. The number of nitrogens with zero attached hydrogens (tertiary/aromatic N) is 2. The molecule has 0 unspecified atom stereocenters. The number of aromatic nitrogens is 2. The lowest BCUT2D eigenvalue weighted by Gasteiger charge is -2.25. The molecule has 2 amide bonds. The average molecular weight is 302 g/mol. The number of amides is 2. The lowest BCUT2D eigenvalue weighted by molar-refractivity contribution is 0.192. The van der Waals surface area contributed by atoms with Gasteiger partial charge in [0, 0.05) is 25.5 Å². The average Bonchev–Trinajstić information content (AvgIpc) is 3.05. The molecule has 1 aromatic carbocycles. The highest BCUT2D eigenvalue weighted by molar-refractivity contribution is 5.74. The van der Waals surface area contributed by atoms with E-state index in [1.165, 1.54) is 0 Å². The van der Waals surface area contributed by atoms with Crippen LogP contribution in [-0.2, 0) is 13.0 Å². The first-order valence-electron chi connectivity index (χ1n) is 7.22. The van der Waals surface area contributed by atoms with Crippen molar-refractivity contribution in [2.45, 2.75) is 25.9 Å². The Morgan fingerprint density at radius 3 is 2.91 bits per heavy atom. The van der Waals surface area contributed by atoms with Crippen LogP contribution in [0, 0.1) is 0 Å². The maximum absolute atomic E-state index is 12.2. The Bertz CT molecular complexity index is 598. The Hall–Kier alpha value is -2.50. The van der Waals surface area contributed by atoms with Crippen molar-refractivity contribution in [2.75, 3.05) is 14.2 Å². The topological polar surface area (TPSA) is 70.2 Å². The van der Waals surface area contributed by atoms with Crippen LogP contribution in [0.1, 0.15) is 18.3 Å². The van der Waals surface area contributed by atoms with Crippen LogP contribution in [-0.4, -0.2) is 41.1 Å². The van der Waals surface area contributed by atoms with E-state index in [4.69, 9.17) is 4.74 Å². The first-order chi connectivity index (χ1) is 10.6. The normalized spacial score (nSPS) is 11.8. The second kappa shape index (κ2) is 7.49. The second-order valence-corrected chi connectivity index (χ2v) is 5.17. The molecule has 0 aliphatic rings. The molecule has 22 heavy (non-hydrogen) atoms. The summed E-state index contributed by atoms with van der Waals surface area (Å²) in [5.41, 5.74) is 1.09. The Labute approximate surface area is 130 Å². The van der Waals surface area contributed by atoms with E-state index in [2.05, 4.69) is 15.3 Å². The van der Waals surface area contributed by atoms with Crippen LogP contribution >= 0.6 is 0 Å². The number of para-hydroxylation sites is 1. The van der Waals surface area contributed by atoms with Crippen molar-refractivity contribution in [3.63, 3.8) is 0 Å². The smallest absolute Gasteiger partial charge is 0.317 e. The van der Waals surface area contributed by atoms with Gasteiger partial charge in [-0.1, -0.05) is 18.2 Å². The summed E-state index contributed by atoms with van der Waals surface area (Å²) < 4.78 is 5.35. The summed E-state index contributed by atoms with van der Waals surface area (Å²) in [6.45, 7) is 2.40. The summed E-state index contributed by atoms with van der Waals surface area (Å²) >= 11 is 0. The molecule has 1 atom stereocenters. The molecule has 6 heteroatoms. The van der Waals surface area contributed by atoms with Crippen LogP contribution in [0.5, 0.6) is 5.75 Å². The van der Waals surface area contributed by atoms with Crippen LogP contribution in [0.4, 0.5) is 4.79 Å². The van der Waals surface area contributed by atoms with Gasteiger partial charge >= 0.3 is 6.03 Å². The molecule has 0 spiro atoms. The van der Waals surface area contributed by atoms with Crippen LogP contribution in [0.3, 0.4) is 0 Å². The fourth-order valence-corrected chi connectivity index (χ4v) is 2.21. The number of hydrogen-bond donors (Lipinski definition) is 2. The number of urea groups is 1. The van der Waals surface area contributed by atoms with Crippen molar-refractivity contribution in [3.8, 4) is 5.75 Å². The van der Waals surface area contributed by atoms with Gasteiger partial charge < -0.3 is 19.9 Å². The number of carbonyl (C=O) groups excluding carboxylic acids is 1. The third-order valence-electron chi connectivity index (χ3n) is 3.65. The molecule has 2 N–H and O–H groups in total. The summed E-state index contributed by atoms with van der Waals surface area (Å²) in [6, 6.07) is 7.78. The molecule has 0 saturated heterocycles. The van der Waals surface area contributed by atoms with Crippen LogP contribution in [0.2, 0.25) is 0 Å². The van der Waals surface area contributed by atoms with Gasteiger partial charge in [-0.05, 0) is 25.0 Å². The fraction of sp³-hybridized carbons (Fsp3) is 0.375. The SMILES string of the molecule is COc1ccccc1C[C@H](C)N(C)C(=O)NCc1ncc[nH]1. The van der Waals surface area contributed by atoms with E-state index >= 15 is 0 Å². The zero-order valence-corrected chi connectivity index (χ0v) is 13.2. The number of H-pyrrole nitrogens is 1. The molecule has 0 aliphatic heterocycles. The van der Waals surface area contributed by atoms with Crippen LogP contribution < -0.4 is 10.1 Å². The minimum atomic E-state index is -0.126. The number of carbonyl (C=O) groups is 1. The van der Waals surface area contributed by atoms with E-state index in [-0.39, 0.29) is 12.1 Å². The molecule has 0 aliphatic carbocycles. The van der Waals surface area contributed by atoms with Gasteiger partial charge in [0.1, 0.15) is 11.6 Å². The van der Waals surface area contributed by atoms with Gasteiger partial charge in [-0.25, -0.2) is 9.78 Å². The largest absolute Gasteiger partial charge is 0.496 e. The number of benzene rings is 1. The molecule has 0 fully saturated rings. The standard InChI is InChI=1S/C16H22N4O2/c1-12(10-13-6-4-5-7-14(13)22-3)20(2)16(21)19-11-15-17-8-9-18-15/h4-9,12H,10-11H2,1-3H3,(H,17,18)(H,19,21)/t12-/m0/s1. The first-order valence-corrected chi connectivity index (χ1v) is 7.22. The zero-order valence-electron chi connectivity index (χ0n) is 13.2. The summed E-state index contributed by atoms with van der Waals surface area (Å²) in [6.07, 6.45) is 4.12. The summed E-state index contributed by atoms with van der Waals surface area (Å²) in [7, 11) is 3.45. The molecule has 0 radical (unpaired) electrons. The second-order valence-electron chi connectivity index (χ2n) is 5.17. The van der Waals surface area contributed by atoms with Gasteiger partial charge in [0.15, 0.2) is 0 Å². The number of nitrogens with one attached hydrogen (secondary N) is 2. The number of methoxy groups -OCH3 is 1. The van der Waals surface area contributed by atoms with Crippen molar-refractivity contribution < 1.29 is 9.53 Å². The van der Waals surface area contributed by atoms with E-state index in [0.29, 0.717) is 6.54 Å². The van der Waals surface area contributed by atoms with Crippen LogP contribution in [0.25, 0.3) is 0 Å². The maximum Gasteiger partial charge on any atom is 0.317 e. The van der Waals surface area contributed by atoms with Gasteiger partial charge in [-0.3, -0.25) is 0 Å². The predicted molar refractivity (Wildman–Crippen MR) is 84.7 cm³/mol. The van der Waals surface area contributed by atoms with Crippen LogP contribution in [0.15, 0.2) is 36.7 Å². The number of hydrogen-bond acceptors (Lipinski definition) is 3. The van der Waals surface area contributed by atoms with Crippen molar-refractivity contribution >= 4 is 6.03 Å². The Kier molecular flexibility index (Phi) is 5.41. The highest BCUT2D eigenvalue weighted by Crippen LogP contribution is 2.20. The molecule has 2 rings (SSSR count). The Morgan fingerprint density at radius 1 is 1.45 bits per heavy atom. The molecule has 0 saturated carbocycles. The number of likely N-dealkylation sites (N-methyl/N-ethyl adjacent to an activating group) is 1. The first kappa shape index (κ1) is 15.9. The number of aromatic amines is 1. The van der Waals surface area contributed by atoms with E-state index in [1.807, 2.05) is 31.2 Å². The van der Waals surface area contributed by atoms with Crippen molar-refractivity contribution in [2.24, 2.45) is 0 Å². The van der Waals surface area contributed by atoms with Crippen molar-refractivity contribution in [1.82, 2.24) is 20.2 Å². The third kappa shape index (κ3) is 4.00. The van der Waals surface area contributed by atoms with E-state index < -0.39 is 0 Å². The summed E-state index contributed by atoms with van der Waals surface area (Å²) in [5.74, 6) is 1.58. The van der Waals surface area contributed by atoms with E-state index in [1.54, 1.807) is 31.5 Å². The quantitative estimate of drug-likeness (QED) is 0.859. The number of rotatable bonds is 6. The highest BCUT2D eigenvalue weighted by atomic mass is 16.5. The van der Waals surface area contributed by atoms with Gasteiger partial charge in [0.2, 0.25) is 0 Å². The lowest BCUT2D eigenvalue weighted by Crippen LogP contribution is -2.43. The predicted octanol–water partition coefficient (Wildman–Crippen LogP) is 2.19. The number of ether oxygens (including phenoxy) is 1. The fourth-order valence-electron chi connectivity index (χ4n) is 2.21. The molecule has 0 bridgehead atoms. The zero-order chi connectivity index (χ0) is 15.9. The van der Waals surface area contributed by atoms with E-state index in [9.17, 15) is 4.79 Å². The van der Waals surface area contributed by atoms with Gasteiger partial charge in [0.25, 0.3) is 0 Å². The minimum Gasteiger partial charge on any atom is -0.496 e.